The van der Waals surface area contributed by atoms with Crippen molar-refractivity contribution in [3.8, 4) is 62.0 Å². The Kier molecular flexibility index (Phi) is 11.6. The zero-order valence-electron chi connectivity index (χ0n) is 38.1. The van der Waals surface area contributed by atoms with E-state index < -0.39 is 0 Å². The lowest BCUT2D eigenvalue weighted by Gasteiger charge is -2.38. The highest BCUT2D eigenvalue weighted by atomic mass is 79.9. The predicted octanol–water partition coefficient (Wildman–Crippen LogP) is 13.8. The largest absolute Gasteiger partial charge is 0.321 e. The van der Waals surface area contributed by atoms with Gasteiger partial charge in [-0.05, 0) is 113 Å². The second-order valence-electron chi connectivity index (χ2n) is 18.5. The molecule has 70 heavy (non-hydrogen) atoms. The number of fused-ring (bicyclic) bond motifs is 6. The van der Waals surface area contributed by atoms with E-state index in [0.717, 1.165) is 119 Å². The van der Waals surface area contributed by atoms with Gasteiger partial charge in [-0.1, -0.05) is 140 Å². The molecule has 342 valence electrons. The molecule has 0 saturated heterocycles. The molecule has 13 rings (SSSR count). The molecule has 0 amide bonds. The highest BCUT2D eigenvalue weighted by Gasteiger charge is 2.35. The van der Waals surface area contributed by atoms with Crippen LogP contribution in [0.2, 0.25) is 0 Å². The van der Waals surface area contributed by atoms with Crippen molar-refractivity contribution in [2.24, 2.45) is 11.5 Å². The number of nitrogens with zero attached hydrogens (tertiary/aromatic N) is 7. The van der Waals surface area contributed by atoms with Crippen LogP contribution in [-0.4, -0.2) is 29.2 Å². The van der Waals surface area contributed by atoms with E-state index >= 15 is 0 Å². The summed E-state index contributed by atoms with van der Waals surface area (Å²) < 4.78 is 4.74. The Balaban J connectivity index is 0.000000153. The van der Waals surface area contributed by atoms with Gasteiger partial charge in [-0.3, -0.25) is 0 Å². The molecule has 7 aromatic carbocycles. The number of rotatable bonds is 7. The van der Waals surface area contributed by atoms with E-state index in [2.05, 4.69) is 131 Å². The molecule has 4 heterocycles. The van der Waals surface area contributed by atoms with Gasteiger partial charge in [0, 0.05) is 66.5 Å². The van der Waals surface area contributed by atoms with E-state index in [4.69, 9.17) is 31.6 Å². The van der Waals surface area contributed by atoms with Gasteiger partial charge in [0.05, 0.1) is 23.0 Å². The van der Waals surface area contributed by atoms with Gasteiger partial charge < -0.3 is 11.5 Å². The van der Waals surface area contributed by atoms with Crippen LogP contribution in [0.5, 0.6) is 0 Å². The van der Waals surface area contributed by atoms with Crippen molar-refractivity contribution in [3.63, 3.8) is 0 Å². The third-order valence-electron chi connectivity index (χ3n) is 14.2. The zero-order valence-corrected chi connectivity index (χ0v) is 40.5. The van der Waals surface area contributed by atoms with Gasteiger partial charge in [-0.2, -0.15) is 15.5 Å². The standard InChI is InChI=1S/C33H25N5.C26H21BrN4.ClH/c34-20-22-7-4-10-25(19-22)27-11-5-12-28-31(27)37-38-21-29(23-8-2-1-3-9-23)30(36-32(28)38)24-13-15-26(16-14-24)33(35)17-6-18-33;27-22-9-4-8-20-24(22)30-31-16-21(17-6-2-1-3-7-17)23(29-25(20)31)18-10-12-19(13-11-18)26(28)14-5-15-26;/h1-5,7-16,19,21H,6,17-18,35H2;1-4,6-13,16H,5,14-15,28H2;1H. The topological polar surface area (TPSA) is 136 Å². The molecule has 0 aliphatic heterocycles. The van der Waals surface area contributed by atoms with Crippen LogP contribution in [0.25, 0.3) is 89.0 Å². The van der Waals surface area contributed by atoms with Crippen LogP contribution in [0.3, 0.4) is 0 Å². The molecule has 4 N–H and O–H groups in total. The average molecular weight is 997 g/mol. The third kappa shape index (κ3) is 7.91. The van der Waals surface area contributed by atoms with Crippen molar-refractivity contribution < 1.29 is 0 Å². The molecular weight excluding hydrogens is 950 g/mol. The fourth-order valence-corrected chi connectivity index (χ4v) is 10.4. The number of nitrogens with two attached hydrogens (primary N) is 2. The molecular formula is C59H47BrClN9. The zero-order chi connectivity index (χ0) is 46.7. The normalized spacial score (nSPS) is 14.5. The smallest absolute Gasteiger partial charge is 0.163 e. The van der Waals surface area contributed by atoms with Gasteiger partial charge in [-0.25, -0.2) is 19.0 Å². The van der Waals surface area contributed by atoms with Crippen molar-refractivity contribution >= 4 is 61.4 Å². The summed E-state index contributed by atoms with van der Waals surface area (Å²) in [6.07, 6.45) is 10.7. The first-order chi connectivity index (χ1) is 33.7. The van der Waals surface area contributed by atoms with Crippen LogP contribution in [0.15, 0.2) is 187 Å². The first-order valence-electron chi connectivity index (χ1n) is 23.5. The lowest BCUT2D eigenvalue weighted by Crippen LogP contribution is -2.43. The Morgan fingerprint density at radius 2 is 0.943 bits per heavy atom. The first kappa shape index (κ1) is 45.0. The van der Waals surface area contributed by atoms with Crippen LogP contribution in [-0.2, 0) is 11.1 Å². The molecule has 11 aromatic rings. The first-order valence-corrected chi connectivity index (χ1v) is 24.3. The van der Waals surface area contributed by atoms with Crippen molar-refractivity contribution in [2.75, 3.05) is 0 Å². The average Bonchev–Trinajstić information content (AvgIpc) is 3.95. The molecule has 0 radical (unpaired) electrons. The fraction of sp³-hybridized carbons (Fsp3) is 0.136. The van der Waals surface area contributed by atoms with E-state index in [1.807, 2.05) is 81.8 Å². The van der Waals surface area contributed by atoms with Crippen LogP contribution < -0.4 is 11.5 Å². The molecule has 4 aromatic heterocycles. The Morgan fingerprint density at radius 3 is 1.43 bits per heavy atom. The highest BCUT2D eigenvalue weighted by Crippen LogP contribution is 2.42. The molecule has 2 fully saturated rings. The molecule has 0 spiro atoms. The molecule has 0 bridgehead atoms. The predicted molar refractivity (Wildman–Crippen MR) is 287 cm³/mol. The summed E-state index contributed by atoms with van der Waals surface area (Å²) in [7, 11) is 0. The Hall–Kier alpha value is -7.52. The van der Waals surface area contributed by atoms with E-state index in [1.54, 1.807) is 0 Å². The number of hydrogen-bond acceptors (Lipinski definition) is 7. The summed E-state index contributed by atoms with van der Waals surface area (Å²) >= 11 is 3.63. The summed E-state index contributed by atoms with van der Waals surface area (Å²) in [5.41, 5.74) is 29.4. The van der Waals surface area contributed by atoms with Gasteiger partial charge in [0.25, 0.3) is 0 Å². The van der Waals surface area contributed by atoms with Gasteiger partial charge in [0.1, 0.15) is 11.0 Å². The SMILES string of the molecule is Cl.N#Cc1cccc(-c2cccc3c2nn2cc(-c4ccccc4)c(-c4ccc(C5(N)CCC5)cc4)nc32)c1.NC1(c2ccc(-c3nc4c5cccc(Br)c5nn4cc3-c3ccccc3)cc2)CCC1. The van der Waals surface area contributed by atoms with Crippen molar-refractivity contribution in [1.82, 2.24) is 29.2 Å². The van der Waals surface area contributed by atoms with E-state index in [9.17, 15) is 5.26 Å². The molecule has 2 aliphatic rings. The molecule has 0 unspecified atom stereocenters. The van der Waals surface area contributed by atoms with Crippen LogP contribution in [0, 0.1) is 11.3 Å². The molecule has 2 saturated carbocycles. The van der Waals surface area contributed by atoms with Crippen LogP contribution in [0.1, 0.15) is 55.2 Å². The summed E-state index contributed by atoms with van der Waals surface area (Å²) in [5, 5.41) is 21.2. The number of hydrogen-bond donors (Lipinski definition) is 2. The number of aromatic nitrogens is 6. The van der Waals surface area contributed by atoms with E-state index in [-0.39, 0.29) is 23.5 Å². The van der Waals surface area contributed by atoms with Gasteiger partial charge in [0.2, 0.25) is 0 Å². The summed E-state index contributed by atoms with van der Waals surface area (Å²) in [6, 6.07) is 60.0. The third-order valence-corrected chi connectivity index (χ3v) is 14.9. The van der Waals surface area contributed by atoms with Crippen molar-refractivity contribution in [1.29, 1.82) is 5.26 Å². The lowest BCUT2D eigenvalue weighted by atomic mass is 9.72. The van der Waals surface area contributed by atoms with Crippen molar-refractivity contribution in [2.45, 2.75) is 49.6 Å². The maximum absolute atomic E-state index is 9.41. The highest BCUT2D eigenvalue weighted by molar-refractivity contribution is 9.10. The molecule has 11 heteroatoms. The minimum absolute atomic E-state index is 0. The summed E-state index contributed by atoms with van der Waals surface area (Å²) in [4.78, 5) is 10.3. The van der Waals surface area contributed by atoms with Crippen molar-refractivity contribution in [3.05, 3.63) is 203 Å². The quantitative estimate of drug-likeness (QED) is 0.162. The number of benzene rings is 7. The molecule has 2 aliphatic carbocycles. The van der Waals surface area contributed by atoms with E-state index in [0.29, 0.717) is 5.56 Å². The number of nitriles is 1. The molecule has 9 nitrogen and oxygen atoms in total. The summed E-state index contributed by atoms with van der Waals surface area (Å²) in [5.74, 6) is 0. The Labute approximate surface area is 420 Å². The van der Waals surface area contributed by atoms with Gasteiger partial charge >= 0.3 is 0 Å². The molecule has 0 atom stereocenters. The van der Waals surface area contributed by atoms with Gasteiger partial charge in [-0.15, -0.1) is 12.4 Å². The Morgan fingerprint density at radius 1 is 0.486 bits per heavy atom. The maximum atomic E-state index is 9.41. The van der Waals surface area contributed by atoms with E-state index in [1.165, 1.54) is 24.0 Å². The fourth-order valence-electron chi connectivity index (χ4n) is 9.99. The lowest BCUT2D eigenvalue weighted by molar-refractivity contribution is 0.253. The second-order valence-corrected chi connectivity index (χ2v) is 19.3. The number of halogens is 2. The van der Waals surface area contributed by atoms with Crippen LogP contribution >= 0.6 is 28.3 Å². The van der Waals surface area contributed by atoms with Crippen LogP contribution in [0.4, 0.5) is 0 Å². The maximum Gasteiger partial charge on any atom is 0.163 e. The second kappa shape index (κ2) is 18.1. The van der Waals surface area contributed by atoms with Gasteiger partial charge in [0.15, 0.2) is 11.3 Å². The minimum Gasteiger partial charge on any atom is -0.321 e. The minimum atomic E-state index is -0.195. The summed E-state index contributed by atoms with van der Waals surface area (Å²) in [6.45, 7) is 0. The monoisotopic (exact) mass is 995 g/mol. The Bertz CT molecular complexity index is 3780.